The molecular formula is C8H8N4OS. The molecule has 0 amide bonds. The number of H-pyrrole nitrogens is 2. The summed E-state index contributed by atoms with van der Waals surface area (Å²) in [6, 6.07) is 3.68. The average Bonchev–Trinajstić information content (AvgIpc) is 2.51. The van der Waals surface area contributed by atoms with E-state index in [-0.39, 0.29) is 5.69 Å². The van der Waals surface area contributed by atoms with Crippen LogP contribution >= 0.6 is 12.2 Å². The first-order valence-corrected chi connectivity index (χ1v) is 4.44. The first kappa shape index (κ1) is 8.89. The molecular weight excluding hydrogens is 200 g/mol. The highest BCUT2D eigenvalue weighted by Gasteiger charge is 2.00. The minimum absolute atomic E-state index is 0.230. The summed E-state index contributed by atoms with van der Waals surface area (Å²) in [7, 11) is 0. The molecule has 0 saturated heterocycles. The molecule has 0 spiro atoms. The van der Waals surface area contributed by atoms with E-state index < -0.39 is 0 Å². The van der Waals surface area contributed by atoms with Crippen molar-refractivity contribution < 1.29 is 0 Å². The number of aromatic amines is 2. The Hall–Kier alpha value is -1.69. The van der Waals surface area contributed by atoms with Crippen LogP contribution in [0.1, 0.15) is 5.56 Å². The van der Waals surface area contributed by atoms with Crippen LogP contribution in [0.3, 0.4) is 0 Å². The Morgan fingerprint density at radius 3 is 2.64 bits per heavy atom. The molecule has 0 aliphatic rings. The van der Waals surface area contributed by atoms with Gasteiger partial charge in [-0.05, 0) is 29.9 Å². The summed E-state index contributed by atoms with van der Waals surface area (Å²) in [6.45, 7) is 0.459. The molecule has 0 radical (unpaired) electrons. The summed E-state index contributed by atoms with van der Waals surface area (Å²) in [6.07, 6.45) is 3.36. The smallest absolute Gasteiger partial charge is 0.272 e. The fourth-order valence-corrected chi connectivity index (χ4v) is 1.35. The van der Waals surface area contributed by atoms with Crippen LogP contribution in [0.15, 0.2) is 29.3 Å². The van der Waals surface area contributed by atoms with Gasteiger partial charge in [0.25, 0.3) is 0 Å². The van der Waals surface area contributed by atoms with E-state index in [1.165, 1.54) is 4.57 Å². The molecule has 0 aliphatic heterocycles. The van der Waals surface area contributed by atoms with E-state index in [1.54, 1.807) is 12.4 Å². The Kier molecular flexibility index (Phi) is 2.28. The van der Waals surface area contributed by atoms with Crippen molar-refractivity contribution in [3.8, 4) is 0 Å². The van der Waals surface area contributed by atoms with Crippen LogP contribution in [0.25, 0.3) is 0 Å². The Balaban J connectivity index is 2.37. The summed E-state index contributed by atoms with van der Waals surface area (Å²) < 4.78 is 1.84. The molecule has 2 heterocycles. The molecule has 2 N–H and O–H groups in total. The maximum atomic E-state index is 11.2. The van der Waals surface area contributed by atoms with Gasteiger partial charge >= 0.3 is 5.69 Å². The van der Waals surface area contributed by atoms with Crippen LogP contribution in [0.4, 0.5) is 0 Å². The second-order valence-corrected chi connectivity index (χ2v) is 3.19. The van der Waals surface area contributed by atoms with Crippen molar-refractivity contribution in [2.75, 3.05) is 0 Å². The quantitative estimate of drug-likeness (QED) is 0.713. The monoisotopic (exact) mass is 208 g/mol. The van der Waals surface area contributed by atoms with Crippen LogP contribution in [0, 0.1) is 4.77 Å². The van der Waals surface area contributed by atoms with Crippen LogP contribution < -0.4 is 5.69 Å². The lowest BCUT2D eigenvalue weighted by Crippen LogP contribution is -2.17. The van der Waals surface area contributed by atoms with E-state index in [9.17, 15) is 4.79 Å². The summed E-state index contributed by atoms with van der Waals surface area (Å²) in [5.41, 5.74) is 0.757. The average molecular weight is 208 g/mol. The Morgan fingerprint density at radius 1 is 1.36 bits per heavy atom. The largest absolute Gasteiger partial charge is 0.342 e. The minimum Gasteiger partial charge on any atom is -0.272 e. The summed E-state index contributed by atoms with van der Waals surface area (Å²) in [5, 5.41) is 5.00. The first-order chi connectivity index (χ1) is 6.77. The van der Waals surface area contributed by atoms with Crippen molar-refractivity contribution in [2.45, 2.75) is 6.54 Å². The molecule has 2 rings (SSSR count). The van der Waals surface area contributed by atoms with Gasteiger partial charge in [0, 0.05) is 12.4 Å². The third-order valence-electron chi connectivity index (χ3n) is 1.86. The second-order valence-electron chi connectivity index (χ2n) is 2.80. The molecule has 5 nitrogen and oxygen atoms in total. The predicted octanol–water partition coefficient (Wildman–Crippen LogP) is 0.677. The van der Waals surface area contributed by atoms with Crippen LogP contribution in [-0.4, -0.2) is 19.7 Å². The number of aromatic nitrogens is 4. The Morgan fingerprint density at radius 2 is 2.07 bits per heavy atom. The minimum atomic E-state index is -0.230. The number of pyridine rings is 1. The van der Waals surface area contributed by atoms with Gasteiger partial charge in [0.1, 0.15) is 0 Å². The molecule has 0 unspecified atom stereocenters. The van der Waals surface area contributed by atoms with Gasteiger partial charge in [-0.25, -0.2) is 9.89 Å². The SMILES string of the molecule is O=c1[nH][nH]c(=S)n1Cc1ccncc1. The normalized spacial score (nSPS) is 10.3. The van der Waals surface area contributed by atoms with E-state index in [0.717, 1.165) is 5.56 Å². The van der Waals surface area contributed by atoms with Crippen molar-refractivity contribution in [3.05, 3.63) is 45.3 Å². The van der Waals surface area contributed by atoms with Crippen LogP contribution in [0.2, 0.25) is 0 Å². The second kappa shape index (κ2) is 3.59. The molecule has 14 heavy (non-hydrogen) atoms. The molecule has 0 atom stereocenters. The van der Waals surface area contributed by atoms with Crippen LogP contribution in [0.5, 0.6) is 0 Å². The molecule has 0 fully saturated rings. The summed E-state index contributed by atoms with van der Waals surface area (Å²) >= 11 is 4.93. The molecule has 2 aromatic rings. The maximum Gasteiger partial charge on any atom is 0.342 e. The predicted molar refractivity (Wildman–Crippen MR) is 53.6 cm³/mol. The lowest BCUT2D eigenvalue weighted by molar-refractivity contribution is 0.750. The van der Waals surface area contributed by atoms with E-state index in [0.29, 0.717) is 11.3 Å². The van der Waals surface area contributed by atoms with Crippen LogP contribution in [-0.2, 0) is 6.54 Å². The van der Waals surface area contributed by atoms with Gasteiger partial charge in [0.15, 0.2) is 4.77 Å². The third kappa shape index (κ3) is 1.64. The number of hydrogen-bond donors (Lipinski definition) is 2. The maximum absolute atomic E-state index is 11.2. The van der Waals surface area contributed by atoms with Gasteiger partial charge in [-0.15, -0.1) is 0 Å². The van der Waals surface area contributed by atoms with Crippen molar-refractivity contribution in [2.24, 2.45) is 0 Å². The number of nitrogens with one attached hydrogen (secondary N) is 2. The summed E-state index contributed by atoms with van der Waals surface area (Å²) in [4.78, 5) is 15.1. The fourth-order valence-electron chi connectivity index (χ4n) is 1.15. The van der Waals surface area contributed by atoms with E-state index in [2.05, 4.69) is 15.2 Å². The zero-order valence-electron chi connectivity index (χ0n) is 7.23. The van der Waals surface area contributed by atoms with Gasteiger partial charge in [-0.1, -0.05) is 0 Å². The zero-order chi connectivity index (χ0) is 9.97. The number of hydrogen-bond acceptors (Lipinski definition) is 3. The Bertz CT molecular complexity index is 497. The lowest BCUT2D eigenvalue weighted by atomic mass is 10.3. The molecule has 6 heteroatoms. The molecule has 72 valence electrons. The first-order valence-electron chi connectivity index (χ1n) is 4.04. The zero-order valence-corrected chi connectivity index (χ0v) is 8.04. The van der Waals surface area contributed by atoms with Crippen molar-refractivity contribution in [1.82, 2.24) is 19.7 Å². The molecule has 0 aromatic carbocycles. The van der Waals surface area contributed by atoms with Gasteiger partial charge in [-0.3, -0.25) is 14.6 Å². The Labute approximate surface area is 84.4 Å². The third-order valence-corrected chi connectivity index (χ3v) is 2.18. The molecule has 2 aromatic heterocycles. The van der Waals surface area contributed by atoms with Gasteiger partial charge in [-0.2, -0.15) is 0 Å². The highest BCUT2D eigenvalue weighted by Crippen LogP contribution is 1.98. The standard InChI is InChI=1S/C8H8N4OS/c13-7-10-11-8(14)12(7)5-6-1-3-9-4-2-6/h1-4H,5H2,(H,10,13)(H,11,14). The number of nitrogens with zero attached hydrogens (tertiary/aromatic N) is 2. The molecule has 0 bridgehead atoms. The molecule has 0 aliphatic carbocycles. The van der Waals surface area contributed by atoms with Crippen molar-refractivity contribution >= 4 is 12.2 Å². The van der Waals surface area contributed by atoms with Gasteiger partial charge in [0.05, 0.1) is 6.54 Å². The topological polar surface area (TPSA) is 66.5 Å². The van der Waals surface area contributed by atoms with Crippen molar-refractivity contribution in [1.29, 1.82) is 0 Å². The number of rotatable bonds is 2. The highest BCUT2D eigenvalue weighted by molar-refractivity contribution is 7.71. The lowest BCUT2D eigenvalue weighted by Gasteiger charge is -1.99. The highest BCUT2D eigenvalue weighted by atomic mass is 32.1. The van der Waals surface area contributed by atoms with E-state index in [1.807, 2.05) is 12.1 Å². The van der Waals surface area contributed by atoms with E-state index in [4.69, 9.17) is 12.2 Å². The van der Waals surface area contributed by atoms with Crippen molar-refractivity contribution in [3.63, 3.8) is 0 Å². The van der Waals surface area contributed by atoms with E-state index >= 15 is 0 Å². The summed E-state index contributed by atoms with van der Waals surface area (Å²) in [5.74, 6) is 0. The van der Waals surface area contributed by atoms with Gasteiger partial charge < -0.3 is 0 Å². The fraction of sp³-hybridized carbons (Fsp3) is 0.125. The molecule has 0 saturated carbocycles. The van der Waals surface area contributed by atoms with Gasteiger partial charge in [0.2, 0.25) is 0 Å².